The van der Waals surface area contributed by atoms with Crippen LogP contribution in [0, 0.1) is 5.41 Å². The van der Waals surface area contributed by atoms with Gasteiger partial charge in [-0.1, -0.05) is 51.1 Å². The minimum atomic E-state index is -0.509. The smallest absolute Gasteiger partial charge is 0.246 e. The summed E-state index contributed by atoms with van der Waals surface area (Å²) in [5.41, 5.74) is 3.12. The monoisotopic (exact) mass is 246 g/mol. The quantitative estimate of drug-likeness (QED) is 0.824. The highest BCUT2D eigenvalue weighted by Gasteiger charge is 2.39. The third-order valence-electron chi connectivity index (χ3n) is 2.98. The molecule has 4 heteroatoms. The highest BCUT2D eigenvalue weighted by molar-refractivity contribution is 5.88. The van der Waals surface area contributed by atoms with Gasteiger partial charge in [0.1, 0.15) is 0 Å². The van der Waals surface area contributed by atoms with Crippen LogP contribution in [0.3, 0.4) is 0 Å². The van der Waals surface area contributed by atoms with Crippen molar-refractivity contribution in [3.8, 4) is 0 Å². The predicted octanol–water partition coefficient (Wildman–Crippen LogP) is 2.04. The number of hydrazine groups is 1. The van der Waals surface area contributed by atoms with Gasteiger partial charge in [0.15, 0.2) is 0 Å². The zero-order chi connectivity index (χ0) is 13.3. The molecule has 2 rings (SSSR count). The van der Waals surface area contributed by atoms with Crippen molar-refractivity contribution in [2.75, 3.05) is 0 Å². The summed E-state index contributed by atoms with van der Waals surface area (Å²) in [5.74, 6) is -0.177. The van der Waals surface area contributed by atoms with Gasteiger partial charge in [-0.3, -0.25) is 15.0 Å². The Morgan fingerprint density at radius 1 is 1.28 bits per heavy atom. The molecule has 1 fully saturated rings. The molecule has 4 nitrogen and oxygen atoms in total. The Balaban J connectivity index is 2.29. The van der Waals surface area contributed by atoms with Gasteiger partial charge in [0, 0.05) is 5.41 Å². The van der Waals surface area contributed by atoms with Gasteiger partial charge in [-0.15, -0.1) is 0 Å². The fourth-order valence-corrected chi connectivity index (χ4v) is 2.02. The maximum atomic E-state index is 12.3. The van der Waals surface area contributed by atoms with E-state index in [0.29, 0.717) is 6.42 Å². The maximum absolute atomic E-state index is 12.3. The Labute approximate surface area is 107 Å². The number of carbonyl (C=O) groups is 2. The van der Waals surface area contributed by atoms with E-state index in [1.807, 2.05) is 51.1 Å². The fraction of sp³-hybridized carbons (Fsp3) is 0.429. The van der Waals surface area contributed by atoms with Crippen molar-refractivity contribution < 1.29 is 9.59 Å². The molecular weight excluding hydrogens is 228 g/mol. The molecule has 1 aliphatic rings. The Morgan fingerprint density at radius 2 is 1.89 bits per heavy atom. The molecule has 1 saturated heterocycles. The molecule has 1 atom stereocenters. The van der Waals surface area contributed by atoms with E-state index in [4.69, 9.17) is 0 Å². The molecule has 1 aromatic carbocycles. The normalized spacial score (nSPS) is 19.8. The van der Waals surface area contributed by atoms with E-state index in [1.54, 1.807) is 0 Å². The van der Waals surface area contributed by atoms with E-state index in [9.17, 15) is 9.59 Å². The molecule has 0 bridgehead atoms. The molecule has 96 valence electrons. The summed E-state index contributed by atoms with van der Waals surface area (Å²) in [6.45, 7) is 5.55. The summed E-state index contributed by atoms with van der Waals surface area (Å²) in [7, 11) is 0. The third kappa shape index (κ3) is 2.37. The minimum Gasteiger partial charge on any atom is -0.273 e. The molecule has 0 radical (unpaired) electrons. The third-order valence-corrected chi connectivity index (χ3v) is 2.98. The van der Waals surface area contributed by atoms with Crippen LogP contribution in [0.15, 0.2) is 30.3 Å². The Hall–Kier alpha value is -1.84. The first kappa shape index (κ1) is 12.6. The number of amides is 2. The molecule has 1 unspecified atom stereocenters. The average Bonchev–Trinajstić information content (AvgIpc) is 2.70. The largest absolute Gasteiger partial charge is 0.273 e. The summed E-state index contributed by atoms with van der Waals surface area (Å²) in [5, 5.41) is 1.47. The van der Waals surface area contributed by atoms with E-state index in [-0.39, 0.29) is 17.9 Å². The van der Waals surface area contributed by atoms with E-state index >= 15 is 0 Å². The van der Waals surface area contributed by atoms with Gasteiger partial charge < -0.3 is 0 Å². The first-order valence-electron chi connectivity index (χ1n) is 6.07. The topological polar surface area (TPSA) is 49.4 Å². The Morgan fingerprint density at radius 3 is 2.44 bits per heavy atom. The van der Waals surface area contributed by atoms with Gasteiger partial charge in [-0.2, -0.15) is 0 Å². The predicted molar refractivity (Wildman–Crippen MR) is 68.2 cm³/mol. The summed E-state index contributed by atoms with van der Waals surface area (Å²) >= 11 is 0. The number of nitrogens with one attached hydrogen (secondary N) is 1. The van der Waals surface area contributed by atoms with Gasteiger partial charge in [0.2, 0.25) is 11.8 Å². The zero-order valence-corrected chi connectivity index (χ0v) is 10.9. The van der Waals surface area contributed by atoms with Crippen LogP contribution in [0.4, 0.5) is 0 Å². The van der Waals surface area contributed by atoms with Gasteiger partial charge in [0.25, 0.3) is 0 Å². The summed E-state index contributed by atoms with van der Waals surface area (Å²) in [6, 6.07) is 9.42. The summed E-state index contributed by atoms with van der Waals surface area (Å²) in [4.78, 5) is 23.9. The molecule has 1 N–H and O–H groups in total. The lowest BCUT2D eigenvalue weighted by atomic mass is 9.94. The van der Waals surface area contributed by atoms with Crippen molar-refractivity contribution in [2.45, 2.75) is 33.2 Å². The number of hydrogen-bond donors (Lipinski definition) is 1. The van der Waals surface area contributed by atoms with Crippen LogP contribution in [0.25, 0.3) is 0 Å². The fourth-order valence-electron chi connectivity index (χ4n) is 2.02. The Bertz CT molecular complexity index is 462. The van der Waals surface area contributed by atoms with Crippen LogP contribution >= 0.6 is 0 Å². The van der Waals surface area contributed by atoms with Crippen molar-refractivity contribution in [2.24, 2.45) is 5.41 Å². The molecular formula is C14H18N2O2. The van der Waals surface area contributed by atoms with Crippen molar-refractivity contribution in [3.05, 3.63) is 35.9 Å². The molecule has 1 aromatic rings. The van der Waals surface area contributed by atoms with Gasteiger partial charge in [-0.25, -0.2) is 5.01 Å². The van der Waals surface area contributed by atoms with Crippen LogP contribution in [-0.4, -0.2) is 16.8 Å². The zero-order valence-electron chi connectivity index (χ0n) is 10.9. The molecule has 0 saturated carbocycles. The molecule has 1 aliphatic heterocycles. The maximum Gasteiger partial charge on any atom is 0.246 e. The second-order valence-corrected chi connectivity index (χ2v) is 5.59. The summed E-state index contributed by atoms with van der Waals surface area (Å²) in [6.07, 6.45) is 0.325. The van der Waals surface area contributed by atoms with E-state index in [2.05, 4.69) is 5.43 Å². The number of benzene rings is 1. The van der Waals surface area contributed by atoms with E-state index < -0.39 is 5.41 Å². The van der Waals surface area contributed by atoms with Crippen molar-refractivity contribution >= 4 is 11.8 Å². The minimum absolute atomic E-state index is 0.0674. The van der Waals surface area contributed by atoms with Gasteiger partial charge >= 0.3 is 0 Å². The standard InChI is InChI=1S/C14H18N2O2/c1-14(2,3)13(18)16-11(9-12(17)15-16)10-7-5-4-6-8-10/h4-8,11H,9H2,1-3H3,(H,15,17). The van der Waals surface area contributed by atoms with Crippen molar-refractivity contribution in [1.29, 1.82) is 0 Å². The van der Waals surface area contributed by atoms with Crippen LogP contribution in [-0.2, 0) is 9.59 Å². The second-order valence-electron chi connectivity index (χ2n) is 5.59. The molecule has 18 heavy (non-hydrogen) atoms. The average molecular weight is 246 g/mol. The first-order valence-corrected chi connectivity index (χ1v) is 6.07. The SMILES string of the molecule is CC(C)(C)C(=O)N1NC(=O)CC1c1ccccc1. The number of nitrogens with zero attached hydrogens (tertiary/aromatic N) is 1. The van der Waals surface area contributed by atoms with Gasteiger partial charge in [-0.05, 0) is 5.56 Å². The molecule has 0 aliphatic carbocycles. The lowest BCUT2D eigenvalue weighted by Gasteiger charge is -2.29. The highest BCUT2D eigenvalue weighted by atomic mass is 16.2. The van der Waals surface area contributed by atoms with E-state index in [1.165, 1.54) is 5.01 Å². The van der Waals surface area contributed by atoms with Crippen LogP contribution < -0.4 is 5.43 Å². The first-order chi connectivity index (χ1) is 8.39. The second kappa shape index (κ2) is 4.44. The van der Waals surface area contributed by atoms with Crippen molar-refractivity contribution in [1.82, 2.24) is 10.4 Å². The highest BCUT2D eigenvalue weighted by Crippen LogP contribution is 2.31. The van der Waals surface area contributed by atoms with Crippen LogP contribution in [0.1, 0.15) is 38.8 Å². The number of hydrogen-bond acceptors (Lipinski definition) is 2. The molecule has 1 heterocycles. The lowest BCUT2D eigenvalue weighted by molar-refractivity contribution is -0.145. The molecule has 0 aromatic heterocycles. The lowest BCUT2D eigenvalue weighted by Crippen LogP contribution is -2.45. The number of carbonyl (C=O) groups excluding carboxylic acids is 2. The molecule has 0 spiro atoms. The number of rotatable bonds is 1. The van der Waals surface area contributed by atoms with Crippen LogP contribution in [0.2, 0.25) is 0 Å². The van der Waals surface area contributed by atoms with Crippen molar-refractivity contribution in [3.63, 3.8) is 0 Å². The van der Waals surface area contributed by atoms with Gasteiger partial charge in [0.05, 0.1) is 12.5 Å². The Kier molecular flexibility index (Phi) is 3.11. The van der Waals surface area contributed by atoms with E-state index in [0.717, 1.165) is 5.56 Å². The molecule has 2 amide bonds. The van der Waals surface area contributed by atoms with Crippen LogP contribution in [0.5, 0.6) is 0 Å². The summed E-state index contributed by atoms with van der Waals surface area (Å²) < 4.78 is 0.